The third-order valence-electron chi connectivity index (χ3n) is 4.11. The predicted molar refractivity (Wildman–Crippen MR) is 102 cm³/mol. The Morgan fingerprint density at radius 2 is 1.67 bits per heavy atom. The Morgan fingerprint density at radius 3 is 2.33 bits per heavy atom. The standard InChI is InChI=1S/C20H20F2N4O/c1-12(2)26-19(8-9-23-26)16-10-14(5-4-13(16)3)24-20(27)25-15-6-7-17(21)18(22)11-15/h4-12H,1-3H3,(H2,24,25,27). The van der Waals surface area contributed by atoms with E-state index in [1.807, 2.05) is 43.7 Å². The fourth-order valence-electron chi connectivity index (χ4n) is 2.78. The molecule has 2 amide bonds. The van der Waals surface area contributed by atoms with Crippen molar-refractivity contribution in [2.75, 3.05) is 10.6 Å². The summed E-state index contributed by atoms with van der Waals surface area (Å²) in [4.78, 5) is 12.2. The molecule has 0 atom stereocenters. The Morgan fingerprint density at radius 1 is 1.00 bits per heavy atom. The zero-order chi connectivity index (χ0) is 19.6. The molecule has 3 aromatic rings. The molecule has 0 bridgehead atoms. The number of hydrogen-bond donors (Lipinski definition) is 2. The number of hydrogen-bond acceptors (Lipinski definition) is 2. The fraction of sp³-hybridized carbons (Fsp3) is 0.200. The van der Waals surface area contributed by atoms with Crippen molar-refractivity contribution in [3.63, 3.8) is 0 Å². The van der Waals surface area contributed by atoms with E-state index in [0.717, 1.165) is 29.0 Å². The smallest absolute Gasteiger partial charge is 0.308 e. The maximum absolute atomic E-state index is 13.3. The summed E-state index contributed by atoms with van der Waals surface area (Å²) in [5.41, 5.74) is 3.69. The number of amides is 2. The molecule has 1 aromatic heterocycles. The molecule has 3 rings (SSSR count). The van der Waals surface area contributed by atoms with Gasteiger partial charge in [-0.1, -0.05) is 6.07 Å². The molecule has 27 heavy (non-hydrogen) atoms. The van der Waals surface area contributed by atoms with Crippen LogP contribution in [0.3, 0.4) is 0 Å². The highest BCUT2D eigenvalue weighted by atomic mass is 19.2. The third kappa shape index (κ3) is 4.13. The number of rotatable bonds is 4. The van der Waals surface area contributed by atoms with Crippen molar-refractivity contribution in [2.24, 2.45) is 0 Å². The summed E-state index contributed by atoms with van der Waals surface area (Å²) in [5, 5.41) is 9.54. The van der Waals surface area contributed by atoms with Crippen LogP contribution in [0, 0.1) is 18.6 Å². The maximum Gasteiger partial charge on any atom is 0.323 e. The molecule has 0 radical (unpaired) electrons. The van der Waals surface area contributed by atoms with E-state index in [2.05, 4.69) is 15.7 Å². The van der Waals surface area contributed by atoms with Gasteiger partial charge < -0.3 is 10.6 Å². The van der Waals surface area contributed by atoms with Crippen LogP contribution in [0.5, 0.6) is 0 Å². The molecular weight excluding hydrogens is 350 g/mol. The summed E-state index contributed by atoms with van der Waals surface area (Å²) in [6, 6.07) is 10.3. The lowest BCUT2D eigenvalue weighted by Crippen LogP contribution is -2.19. The molecule has 1 heterocycles. The summed E-state index contributed by atoms with van der Waals surface area (Å²) in [6.45, 7) is 6.07. The van der Waals surface area contributed by atoms with Crippen molar-refractivity contribution in [2.45, 2.75) is 26.8 Å². The molecule has 5 nitrogen and oxygen atoms in total. The zero-order valence-corrected chi connectivity index (χ0v) is 15.3. The Kier molecular flexibility index (Phi) is 5.21. The van der Waals surface area contributed by atoms with Gasteiger partial charge in [0.25, 0.3) is 0 Å². The number of aromatic nitrogens is 2. The molecule has 0 spiro atoms. The van der Waals surface area contributed by atoms with Crippen LogP contribution in [-0.2, 0) is 0 Å². The van der Waals surface area contributed by atoms with Gasteiger partial charge in [-0.15, -0.1) is 0 Å². The summed E-state index contributed by atoms with van der Waals surface area (Å²) in [6.07, 6.45) is 1.74. The first kappa shape index (κ1) is 18.6. The minimum atomic E-state index is -1.02. The van der Waals surface area contributed by atoms with Crippen LogP contribution in [0.25, 0.3) is 11.3 Å². The van der Waals surface area contributed by atoms with Crippen LogP contribution in [0.1, 0.15) is 25.5 Å². The van der Waals surface area contributed by atoms with Gasteiger partial charge in [-0.05, 0) is 56.7 Å². The third-order valence-corrected chi connectivity index (χ3v) is 4.11. The minimum absolute atomic E-state index is 0.164. The van der Waals surface area contributed by atoms with Crippen molar-refractivity contribution >= 4 is 17.4 Å². The number of urea groups is 1. The molecule has 0 fully saturated rings. The second-order valence-electron chi connectivity index (χ2n) is 6.49. The largest absolute Gasteiger partial charge is 0.323 e. The number of nitrogens with zero attached hydrogens (tertiary/aromatic N) is 2. The van der Waals surface area contributed by atoms with E-state index in [4.69, 9.17) is 0 Å². The first-order valence-electron chi connectivity index (χ1n) is 8.52. The van der Waals surface area contributed by atoms with Crippen molar-refractivity contribution in [3.8, 4) is 11.3 Å². The van der Waals surface area contributed by atoms with Crippen molar-refractivity contribution in [3.05, 3.63) is 65.9 Å². The SMILES string of the molecule is Cc1ccc(NC(=O)Nc2ccc(F)c(F)c2)cc1-c1ccnn1C(C)C. The number of benzene rings is 2. The topological polar surface area (TPSA) is 59.0 Å². The van der Waals surface area contributed by atoms with Gasteiger partial charge in [0.1, 0.15) is 0 Å². The van der Waals surface area contributed by atoms with Crippen LogP contribution in [0.2, 0.25) is 0 Å². The number of halogens is 2. The number of aryl methyl sites for hydroxylation is 1. The van der Waals surface area contributed by atoms with Crippen molar-refractivity contribution in [1.82, 2.24) is 9.78 Å². The van der Waals surface area contributed by atoms with Gasteiger partial charge in [0, 0.05) is 35.2 Å². The van der Waals surface area contributed by atoms with Crippen LogP contribution >= 0.6 is 0 Å². The number of anilines is 2. The number of carbonyl (C=O) groups excluding carboxylic acids is 1. The van der Waals surface area contributed by atoms with Crippen LogP contribution in [0.4, 0.5) is 25.0 Å². The van der Waals surface area contributed by atoms with Crippen LogP contribution in [-0.4, -0.2) is 15.8 Å². The Labute approximate surface area is 156 Å². The maximum atomic E-state index is 13.3. The lowest BCUT2D eigenvalue weighted by molar-refractivity contribution is 0.262. The minimum Gasteiger partial charge on any atom is -0.308 e. The molecule has 2 aromatic carbocycles. The quantitative estimate of drug-likeness (QED) is 0.649. The molecule has 140 valence electrons. The van der Waals surface area contributed by atoms with Gasteiger partial charge >= 0.3 is 6.03 Å². The van der Waals surface area contributed by atoms with Gasteiger partial charge in [-0.2, -0.15) is 5.10 Å². The lowest BCUT2D eigenvalue weighted by atomic mass is 10.0. The monoisotopic (exact) mass is 370 g/mol. The lowest BCUT2D eigenvalue weighted by Gasteiger charge is -2.15. The van der Waals surface area contributed by atoms with Gasteiger partial charge in [0.15, 0.2) is 11.6 Å². The van der Waals surface area contributed by atoms with Gasteiger partial charge in [0.2, 0.25) is 0 Å². The van der Waals surface area contributed by atoms with E-state index in [1.165, 1.54) is 6.07 Å². The highest BCUT2D eigenvalue weighted by Gasteiger charge is 2.12. The van der Waals surface area contributed by atoms with E-state index in [9.17, 15) is 13.6 Å². The van der Waals surface area contributed by atoms with Crippen molar-refractivity contribution in [1.29, 1.82) is 0 Å². The first-order chi connectivity index (χ1) is 12.8. The molecule has 0 unspecified atom stereocenters. The molecular formula is C20H20F2N4O. The highest BCUT2D eigenvalue weighted by molar-refractivity contribution is 6.00. The number of carbonyl (C=O) groups is 1. The fourth-order valence-corrected chi connectivity index (χ4v) is 2.78. The van der Waals surface area contributed by atoms with Gasteiger partial charge in [0.05, 0.1) is 5.69 Å². The summed E-state index contributed by atoms with van der Waals surface area (Å²) in [5.74, 6) is -1.99. The van der Waals surface area contributed by atoms with Gasteiger partial charge in [-0.3, -0.25) is 4.68 Å². The second-order valence-corrected chi connectivity index (χ2v) is 6.49. The van der Waals surface area contributed by atoms with Crippen LogP contribution in [0.15, 0.2) is 48.7 Å². The molecule has 0 saturated carbocycles. The Hall–Kier alpha value is -3.22. The first-order valence-corrected chi connectivity index (χ1v) is 8.52. The zero-order valence-electron chi connectivity index (χ0n) is 15.3. The molecule has 2 N–H and O–H groups in total. The van der Waals surface area contributed by atoms with E-state index >= 15 is 0 Å². The Bertz CT molecular complexity index is 982. The molecule has 0 aliphatic rings. The molecule has 0 saturated heterocycles. The van der Waals surface area contributed by atoms with Crippen LogP contribution < -0.4 is 10.6 Å². The summed E-state index contributed by atoms with van der Waals surface area (Å²) in [7, 11) is 0. The predicted octanol–water partition coefficient (Wildman–Crippen LogP) is 5.36. The van der Waals surface area contributed by atoms with E-state index < -0.39 is 17.7 Å². The highest BCUT2D eigenvalue weighted by Crippen LogP contribution is 2.28. The second kappa shape index (κ2) is 7.57. The van der Waals surface area contributed by atoms with Crippen molar-refractivity contribution < 1.29 is 13.6 Å². The van der Waals surface area contributed by atoms with E-state index in [1.54, 1.807) is 12.3 Å². The summed E-state index contributed by atoms with van der Waals surface area (Å²) < 4.78 is 28.1. The average Bonchev–Trinajstić information content (AvgIpc) is 3.09. The summed E-state index contributed by atoms with van der Waals surface area (Å²) >= 11 is 0. The van der Waals surface area contributed by atoms with E-state index in [-0.39, 0.29) is 11.7 Å². The van der Waals surface area contributed by atoms with E-state index in [0.29, 0.717) is 5.69 Å². The normalized spacial score (nSPS) is 10.9. The average molecular weight is 370 g/mol. The molecule has 7 heteroatoms. The molecule has 0 aliphatic heterocycles. The number of nitrogens with one attached hydrogen (secondary N) is 2. The van der Waals surface area contributed by atoms with Gasteiger partial charge in [-0.25, -0.2) is 13.6 Å². The Balaban J connectivity index is 1.80. The molecule has 0 aliphatic carbocycles.